The normalized spacial score (nSPS) is 19.5. The van der Waals surface area contributed by atoms with Crippen molar-refractivity contribution in [2.45, 2.75) is 152 Å². The number of hydrogen-bond donors (Lipinski definition) is 9. The molecule has 4 saturated heterocycles. The number of nitrogens with two attached hydrogens (primary N) is 1. The topological polar surface area (TPSA) is 422 Å². The van der Waals surface area contributed by atoms with Gasteiger partial charge < -0.3 is 59.9 Å². The number of aliphatic hydroxyl groups is 2. The number of nitrogens with zero attached hydrogens (tertiary/aromatic N) is 9. The van der Waals surface area contributed by atoms with E-state index in [0.29, 0.717) is 63.5 Å². The number of rotatable bonds is 32. The van der Waals surface area contributed by atoms with Gasteiger partial charge in [-0.3, -0.25) is 71.3 Å². The third kappa shape index (κ3) is 27.3. The summed E-state index contributed by atoms with van der Waals surface area (Å²) in [6.45, 7) is 3.06. The van der Waals surface area contributed by atoms with Crippen molar-refractivity contribution in [1.82, 2.24) is 73.3 Å². The Balaban J connectivity index is 0.000000186. The minimum Gasteiger partial charge on any atom is -0.394 e. The average Bonchev–Trinajstić information content (AvgIpc) is 0.730. The summed E-state index contributed by atoms with van der Waals surface area (Å²) in [5.41, 5.74) is 7.91. The molecule has 14 rings (SSSR count). The molecule has 0 aliphatic carbocycles. The number of amides is 1. The quantitative estimate of drug-likeness (QED) is 0.00819. The van der Waals surface area contributed by atoms with Gasteiger partial charge >= 0.3 is 36.5 Å². The van der Waals surface area contributed by atoms with Crippen LogP contribution >= 0.6 is 36.2 Å². The molecule has 6 aromatic carbocycles. The lowest BCUT2D eigenvalue weighted by Gasteiger charge is -2.50. The molecule has 0 radical (unpaired) electrons. The monoisotopic (exact) mass is 1940 g/mol. The number of anilines is 1. The maximum atomic E-state index is 13.4. The number of aromatic nitrogens is 8. The zero-order valence-corrected chi connectivity index (χ0v) is 81.0. The first-order valence-corrected chi connectivity index (χ1v) is 50.4. The molecular formula is C98H122Cl2N16O18P2. The van der Waals surface area contributed by atoms with Crippen LogP contribution in [0.5, 0.6) is 0 Å². The third-order valence-electron chi connectivity index (χ3n) is 23.3. The van der Waals surface area contributed by atoms with Crippen LogP contribution in [0.2, 0.25) is 0 Å². The van der Waals surface area contributed by atoms with E-state index in [1.807, 2.05) is 116 Å². The van der Waals surface area contributed by atoms with Crippen LogP contribution in [0.1, 0.15) is 160 Å². The number of carbonyl (C=O) groups is 1. The molecule has 4 aromatic heterocycles. The summed E-state index contributed by atoms with van der Waals surface area (Å²) >= 11 is 12.5. The van der Waals surface area contributed by atoms with Crippen molar-refractivity contribution in [2.75, 3.05) is 119 Å². The number of aliphatic hydroxyl groups excluding tert-OH is 2. The van der Waals surface area contributed by atoms with Gasteiger partial charge in [-0.25, -0.2) is 28.5 Å². The molecule has 4 fully saturated rings. The van der Waals surface area contributed by atoms with Gasteiger partial charge in [-0.2, -0.15) is 4.98 Å². The number of benzene rings is 6. The van der Waals surface area contributed by atoms with Crippen molar-refractivity contribution in [3.05, 3.63) is 335 Å². The third-order valence-corrected chi connectivity index (χ3v) is 28.6. The first-order valence-electron chi connectivity index (χ1n) is 45.5. The number of aromatic amines is 3. The fourth-order valence-electron chi connectivity index (χ4n) is 16.5. The fraction of sp³-hybridized carbons (Fsp3) is 0.418. The van der Waals surface area contributed by atoms with Crippen LogP contribution in [0.3, 0.4) is 0 Å². The molecule has 4 aliphatic rings. The number of nitrogens with one attached hydrogen (secondary N) is 6. The average molecular weight is 1950 g/mol. The molecule has 4 aliphatic heterocycles. The summed E-state index contributed by atoms with van der Waals surface area (Å²) in [6, 6.07) is 60.6. The molecule has 0 saturated carbocycles. The van der Waals surface area contributed by atoms with E-state index in [1.54, 1.807) is 40.6 Å². The maximum absolute atomic E-state index is 13.4. The number of H-pyrrole nitrogens is 3. The molecule has 0 bridgehead atoms. The van der Waals surface area contributed by atoms with Crippen LogP contribution < -0.4 is 61.1 Å². The Labute approximate surface area is 799 Å². The molecule has 726 valence electrons. The SMILES string of the molecule is CC(=O)NCC#Cc1cn(C2CN(C(c3ccccc3)(c3ccccc3)c3ccccc3)CC(COP(=O)(Cl)N(C)C)O2)c(=O)[nH]c1=O.CCCC#Cc1cn(C2CN(C(c3ccccc3)(c3ccccc3)c3ccccc3)CC(COP(=O)(Cl)N(C)C)O2)c(=O)[nH]c1=O.CCCCCc1cn(C2CNCC(CO)O2)c(=O)[nH]c1=O.CCCCCc1cn(C2CNCC(CO)O2)c(=O)nc1N. The van der Waals surface area contributed by atoms with Crippen LogP contribution in [-0.2, 0) is 65.8 Å². The van der Waals surface area contributed by atoms with E-state index in [2.05, 4.69) is 156 Å². The number of ether oxygens (including phenoxy) is 4. The van der Waals surface area contributed by atoms with E-state index >= 15 is 0 Å². The van der Waals surface area contributed by atoms with Crippen LogP contribution in [0.15, 0.2) is 240 Å². The van der Waals surface area contributed by atoms with Crippen molar-refractivity contribution < 1.29 is 52.1 Å². The van der Waals surface area contributed by atoms with Crippen LogP contribution in [-0.4, -0.2) is 211 Å². The lowest BCUT2D eigenvalue weighted by Crippen LogP contribution is -2.58. The second-order valence-electron chi connectivity index (χ2n) is 33.4. The van der Waals surface area contributed by atoms with Gasteiger partial charge in [0.05, 0.1) is 68.5 Å². The van der Waals surface area contributed by atoms with E-state index in [4.69, 9.17) is 61.3 Å². The number of morpholine rings is 4. The van der Waals surface area contributed by atoms with Gasteiger partial charge in [0.15, 0.2) is 24.9 Å². The Kier molecular flexibility index (Phi) is 39.6. The number of aryl methyl sites for hydroxylation is 2. The zero-order chi connectivity index (χ0) is 97.5. The van der Waals surface area contributed by atoms with Gasteiger partial charge in [-0.15, -0.1) is 0 Å². The van der Waals surface area contributed by atoms with Gasteiger partial charge in [0.25, 0.3) is 16.7 Å². The summed E-state index contributed by atoms with van der Waals surface area (Å²) in [5, 5.41) is 27.1. The summed E-state index contributed by atoms with van der Waals surface area (Å²) in [4.78, 5) is 115. The highest BCUT2D eigenvalue weighted by Gasteiger charge is 2.50. The molecule has 1 amide bonds. The molecule has 38 heteroatoms. The molecule has 10 atom stereocenters. The maximum Gasteiger partial charge on any atom is 0.362 e. The molecule has 0 spiro atoms. The molecular weight excluding hydrogens is 1820 g/mol. The fourth-order valence-corrected chi connectivity index (χ4v) is 18.0. The molecule has 136 heavy (non-hydrogen) atoms. The lowest BCUT2D eigenvalue weighted by molar-refractivity contribution is -0.148. The minimum absolute atomic E-state index is 0.0202. The number of nitrogen functional groups attached to an aromatic ring is 1. The van der Waals surface area contributed by atoms with Gasteiger partial charge in [-0.1, -0.05) is 252 Å². The summed E-state index contributed by atoms with van der Waals surface area (Å²) < 4.78 is 70.0. The highest BCUT2D eigenvalue weighted by molar-refractivity contribution is 7.83. The summed E-state index contributed by atoms with van der Waals surface area (Å²) in [6.07, 6.45) is 10.5. The Morgan fingerprint density at radius 1 is 0.478 bits per heavy atom. The van der Waals surface area contributed by atoms with E-state index in [9.17, 15) is 52.6 Å². The van der Waals surface area contributed by atoms with Crippen molar-refractivity contribution in [3.63, 3.8) is 0 Å². The summed E-state index contributed by atoms with van der Waals surface area (Å²) in [5.74, 6) is 11.4. The van der Waals surface area contributed by atoms with Crippen LogP contribution in [0, 0.1) is 23.7 Å². The predicted octanol–water partition coefficient (Wildman–Crippen LogP) is 9.73. The predicted molar refractivity (Wildman–Crippen MR) is 524 cm³/mol. The number of unbranched alkanes of at least 4 members (excludes halogenated alkanes) is 5. The van der Waals surface area contributed by atoms with Crippen molar-refractivity contribution in [1.29, 1.82) is 0 Å². The first-order chi connectivity index (χ1) is 65.5. The molecule has 8 heterocycles. The second kappa shape index (κ2) is 51.0. The highest BCUT2D eigenvalue weighted by atomic mass is 35.7. The Hall–Kier alpha value is -10.9. The van der Waals surface area contributed by atoms with Crippen molar-refractivity contribution in [2.24, 2.45) is 0 Å². The first kappa shape index (κ1) is 106. The van der Waals surface area contributed by atoms with E-state index in [-0.39, 0.29) is 80.9 Å². The molecule has 10 aromatic rings. The molecule has 10 unspecified atom stereocenters. The van der Waals surface area contributed by atoms with Crippen molar-refractivity contribution in [3.8, 4) is 23.7 Å². The Morgan fingerprint density at radius 2 is 0.824 bits per heavy atom. The van der Waals surface area contributed by atoms with Crippen molar-refractivity contribution >= 4 is 48.0 Å². The number of carbonyl (C=O) groups excluding carboxylic acids is 1. The molecule has 10 N–H and O–H groups in total. The number of halogens is 2. The molecule has 34 nitrogen and oxygen atoms in total. The highest BCUT2D eigenvalue weighted by Crippen LogP contribution is 2.56. The van der Waals surface area contributed by atoms with Gasteiger partial charge in [-0.05, 0) is 116 Å². The second-order valence-corrected chi connectivity index (χ2v) is 39.9. The van der Waals surface area contributed by atoms with Gasteiger partial charge in [0, 0.05) is 102 Å². The van der Waals surface area contributed by atoms with Crippen LogP contribution in [0.4, 0.5) is 5.82 Å². The smallest absolute Gasteiger partial charge is 0.362 e. The van der Waals surface area contributed by atoms with E-state index in [0.717, 1.165) is 90.3 Å². The largest absolute Gasteiger partial charge is 0.394 e. The Morgan fingerprint density at radius 3 is 1.18 bits per heavy atom. The Bertz CT molecular complexity index is 6050. The van der Waals surface area contributed by atoms with Gasteiger partial charge in [0.1, 0.15) is 16.9 Å². The minimum atomic E-state index is -3.66. The standard InChI is InChI=1S/C35H37ClN5O6P.C35H38ClN4O5P.C14H24N4O3.C14H23N3O4/c1-26(42)37-21-13-14-27-22-41(34(44)38-33(27)43)32-24-40(23-31(47-32)25-46-48(36,45)39(2)3)35(28-15-7-4-8-16-28,29-17-9-5-10-18-29)30-19-11-6-12-20-30;1-4-5-9-16-27-23-40(34(42)37-33(27)41)32-25-39(24-31(45-32)26-44-46(36,43)38(2)3)35(28-17-10-6-11-18-28,29-19-12-7-13-20-29)30-21-14-8-15-22-30;1-2-3-4-5-10-8-18(14(20)17-13(10)15)12-7-16-6-11(9-19)21-12;1-2-3-4-5-10-8-17(14(20)16-13(10)19)12-7-15-6-11(9-18)21-12/h4-12,15-20,22,31-32H,21,23-25H2,1-3H3,(H,37,42)(H,38,43,44);6-8,10-15,17-23,31-32H,4-5,24-26H2,1-3H3,(H,37,41,42);8,11-12,16,19H,2-7,9H2,1H3,(H2,15,17,20);8,11-12,15,18H,2-7,9H2,1H3,(H,16,19,20). The van der Waals surface area contributed by atoms with E-state index < -0.39 is 95.8 Å². The lowest BCUT2D eigenvalue weighted by atomic mass is 9.75. The van der Waals surface area contributed by atoms with Gasteiger partial charge in [0.2, 0.25) is 5.91 Å². The summed E-state index contributed by atoms with van der Waals surface area (Å²) in [7, 11) is 6.28. The number of hydrogen-bond acceptors (Lipinski definition) is 24. The van der Waals surface area contributed by atoms with Crippen LogP contribution in [0.25, 0.3) is 0 Å². The zero-order valence-electron chi connectivity index (χ0n) is 77.7. The van der Waals surface area contributed by atoms with E-state index in [1.165, 1.54) is 46.9 Å².